The van der Waals surface area contributed by atoms with Gasteiger partial charge in [-0.05, 0) is 38.8 Å². The normalized spacial score (nSPS) is 12.1. The maximum absolute atomic E-state index is 11.3. The third-order valence-electron chi connectivity index (χ3n) is 3.85. The van der Waals surface area contributed by atoms with Crippen molar-refractivity contribution >= 4 is 6.29 Å². The molecule has 0 bridgehead atoms. The summed E-state index contributed by atoms with van der Waals surface area (Å²) in [6, 6.07) is 0. The first-order chi connectivity index (χ1) is 8.17. The zero-order valence-electron chi connectivity index (χ0n) is 12.3. The molecule has 0 aliphatic heterocycles. The largest absolute Gasteiger partial charge is 0.303 e. The van der Waals surface area contributed by atoms with Crippen molar-refractivity contribution in [1.29, 1.82) is 0 Å². The standard InChI is InChI=1S/C15H31NO/c1-5-9-11-16(12-10-6-2)13-15(7-3,8-4)14-17/h14H,5-13H2,1-4H3. The minimum absolute atomic E-state index is 0.110. The predicted octanol–water partition coefficient (Wildman–Crippen LogP) is 3.89. The Hall–Kier alpha value is -0.370. The highest BCUT2D eigenvalue weighted by Gasteiger charge is 2.27. The molecule has 0 saturated carbocycles. The molecule has 102 valence electrons. The zero-order valence-corrected chi connectivity index (χ0v) is 12.3. The van der Waals surface area contributed by atoms with E-state index in [1.54, 1.807) is 0 Å². The summed E-state index contributed by atoms with van der Waals surface area (Å²) in [6.07, 6.45) is 8.06. The van der Waals surface area contributed by atoms with Crippen molar-refractivity contribution < 1.29 is 4.79 Å². The summed E-state index contributed by atoms with van der Waals surface area (Å²) in [4.78, 5) is 13.8. The van der Waals surface area contributed by atoms with Gasteiger partial charge < -0.3 is 9.69 Å². The quantitative estimate of drug-likeness (QED) is 0.511. The van der Waals surface area contributed by atoms with Crippen molar-refractivity contribution in [2.45, 2.75) is 66.2 Å². The van der Waals surface area contributed by atoms with Crippen LogP contribution in [0.3, 0.4) is 0 Å². The molecule has 0 unspecified atom stereocenters. The van der Waals surface area contributed by atoms with Gasteiger partial charge in [0.1, 0.15) is 6.29 Å². The second-order valence-electron chi connectivity index (χ2n) is 5.17. The number of unbranched alkanes of at least 4 members (excludes halogenated alkanes) is 2. The lowest BCUT2D eigenvalue weighted by molar-refractivity contribution is -0.117. The molecule has 0 heterocycles. The Kier molecular flexibility index (Phi) is 9.43. The number of hydrogen-bond acceptors (Lipinski definition) is 2. The van der Waals surface area contributed by atoms with E-state index in [4.69, 9.17) is 0 Å². The lowest BCUT2D eigenvalue weighted by Gasteiger charge is -2.33. The number of rotatable bonds is 11. The van der Waals surface area contributed by atoms with E-state index in [-0.39, 0.29) is 5.41 Å². The SMILES string of the molecule is CCCCN(CCCC)CC(C=O)(CC)CC. The van der Waals surface area contributed by atoms with Gasteiger partial charge in [0.05, 0.1) is 0 Å². The molecule has 0 amide bonds. The fourth-order valence-electron chi connectivity index (χ4n) is 2.16. The second-order valence-corrected chi connectivity index (χ2v) is 5.17. The first-order valence-corrected chi connectivity index (χ1v) is 7.36. The maximum Gasteiger partial charge on any atom is 0.127 e. The highest BCUT2D eigenvalue weighted by Crippen LogP contribution is 2.25. The van der Waals surface area contributed by atoms with Crippen molar-refractivity contribution in [1.82, 2.24) is 4.90 Å². The lowest BCUT2D eigenvalue weighted by Crippen LogP contribution is -2.39. The molecule has 0 radical (unpaired) electrons. The Morgan fingerprint density at radius 3 is 1.71 bits per heavy atom. The smallest absolute Gasteiger partial charge is 0.127 e. The fourth-order valence-corrected chi connectivity index (χ4v) is 2.16. The van der Waals surface area contributed by atoms with Gasteiger partial charge in [-0.25, -0.2) is 0 Å². The van der Waals surface area contributed by atoms with Gasteiger partial charge in [0.15, 0.2) is 0 Å². The molecule has 0 atom stereocenters. The van der Waals surface area contributed by atoms with Crippen LogP contribution in [0.25, 0.3) is 0 Å². The van der Waals surface area contributed by atoms with Gasteiger partial charge in [-0.2, -0.15) is 0 Å². The van der Waals surface area contributed by atoms with Gasteiger partial charge in [0, 0.05) is 12.0 Å². The van der Waals surface area contributed by atoms with Crippen molar-refractivity contribution in [3.8, 4) is 0 Å². The van der Waals surface area contributed by atoms with E-state index in [1.807, 2.05) is 0 Å². The first kappa shape index (κ1) is 16.6. The van der Waals surface area contributed by atoms with Crippen LogP contribution in [0, 0.1) is 5.41 Å². The maximum atomic E-state index is 11.3. The zero-order chi connectivity index (χ0) is 13.1. The number of hydrogen-bond donors (Lipinski definition) is 0. The van der Waals surface area contributed by atoms with E-state index in [0.717, 1.165) is 32.5 Å². The third kappa shape index (κ3) is 6.21. The minimum atomic E-state index is -0.110. The van der Waals surface area contributed by atoms with E-state index in [9.17, 15) is 4.79 Å². The molecule has 2 heteroatoms. The summed E-state index contributed by atoms with van der Waals surface area (Å²) in [5.41, 5.74) is -0.110. The van der Waals surface area contributed by atoms with Gasteiger partial charge in [-0.3, -0.25) is 0 Å². The molecule has 0 aromatic heterocycles. The van der Waals surface area contributed by atoms with Crippen LogP contribution in [0.15, 0.2) is 0 Å². The molecule has 0 aliphatic carbocycles. The summed E-state index contributed by atoms with van der Waals surface area (Å²) in [5, 5.41) is 0. The van der Waals surface area contributed by atoms with Crippen LogP contribution in [-0.4, -0.2) is 30.8 Å². The molecule has 0 fully saturated rings. The number of carbonyl (C=O) groups is 1. The van der Waals surface area contributed by atoms with Crippen molar-refractivity contribution in [2.24, 2.45) is 5.41 Å². The van der Waals surface area contributed by atoms with Crippen LogP contribution >= 0.6 is 0 Å². The van der Waals surface area contributed by atoms with Gasteiger partial charge in [-0.15, -0.1) is 0 Å². The molecule has 0 aromatic rings. The number of aldehydes is 1. The predicted molar refractivity (Wildman–Crippen MR) is 75.3 cm³/mol. The molecule has 0 spiro atoms. The Bertz CT molecular complexity index is 179. The van der Waals surface area contributed by atoms with Crippen molar-refractivity contribution in [3.05, 3.63) is 0 Å². The van der Waals surface area contributed by atoms with E-state index >= 15 is 0 Å². The third-order valence-corrected chi connectivity index (χ3v) is 3.85. The van der Waals surface area contributed by atoms with Crippen molar-refractivity contribution in [2.75, 3.05) is 19.6 Å². The van der Waals surface area contributed by atoms with E-state index in [1.165, 1.54) is 32.0 Å². The minimum Gasteiger partial charge on any atom is -0.303 e. The number of carbonyl (C=O) groups excluding carboxylic acids is 1. The monoisotopic (exact) mass is 241 g/mol. The highest BCUT2D eigenvalue weighted by molar-refractivity contribution is 5.59. The van der Waals surface area contributed by atoms with Crippen molar-refractivity contribution in [3.63, 3.8) is 0 Å². The molecule has 2 nitrogen and oxygen atoms in total. The summed E-state index contributed by atoms with van der Waals surface area (Å²) in [6.45, 7) is 12.0. The summed E-state index contributed by atoms with van der Waals surface area (Å²) >= 11 is 0. The molecular weight excluding hydrogens is 210 g/mol. The highest BCUT2D eigenvalue weighted by atomic mass is 16.1. The van der Waals surface area contributed by atoms with Crippen LogP contribution in [0.5, 0.6) is 0 Å². The topological polar surface area (TPSA) is 20.3 Å². The number of nitrogens with zero attached hydrogens (tertiary/aromatic N) is 1. The Balaban J connectivity index is 4.40. The van der Waals surface area contributed by atoms with Crippen LogP contribution in [0.2, 0.25) is 0 Å². The van der Waals surface area contributed by atoms with E-state index in [2.05, 4.69) is 32.6 Å². The van der Waals surface area contributed by atoms with Gasteiger partial charge in [-0.1, -0.05) is 40.5 Å². The summed E-state index contributed by atoms with van der Waals surface area (Å²) in [7, 11) is 0. The molecule has 0 N–H and O–H groups in total. The molecule has 0 saturated heterocycles. The lowest BCUT2D eigenvalue weighted by atomic mass is 9.83. The second kappa shape index (κ2) is 9.64. The Morgan fingerprint density at radius 2 is 1.41 bits per heavy atom. The van der Waals surface area contributed by atoms with E-state index < -0.39 is 0 Å². The average molecular weight is 241 g/mol. The average Bonchev–Trinajstić information content (AvgIpc) is 2.38. The van der Waals surface area contributed by atoms with Crippen LogP contribution in [-0.2, 0) is 4.79 Å². The Morgan fingerprint density at radius 1 is 0.941 bits per heavy atom. The van der Waals surface area contributed by atoms with Crippen LogP contribution < -0.4 is 0 Å². The fraction of sp³-hybridized carbons (Fsp3) is 0.933. The molecule has 0 aliphatic rings. The molecular formula is C15H31NO. The molecule has 0 rings (SSSR count). The van der Waals surface area contributed by atoms with Crippen LogP contribution in [0.4, 0.5) is 0 Å². The van der Waals surface area contributed by atoms with E-state index in [0.29, 0.717) is 0 Å². The molecule has 17 heavy (non-hydrogen) atoms. The van der Waals surface area contributed by atoms with Gasteiger partial charge in [0.2, 0.25) is 0 Å². The van der Waals surface area contributed by atoms with Gasteiger partial charge in [0.25, 0.3) is 0 Å². The molecule has 0 aromatic carbocycles. The van der Waals surface area contributed by atoms with Gasteiger partial charge >= 0.3 is 0 Å². The summed E-state index contributed by atoms with van der Waals surface area (Å²) < 4.78 is 0. The van der Waals surface area contributed by atoms with Crippen LogP contribution in [0.1, 0.15) is 66.2 Å². The Labute approximate surface area is 108 Å². The first-order valence-electron chi connectivity index (χ1n) is 7.36. The summed E-state index contributed by atoms with van der Waals surface area (Å²) in [5.74, 6) is 0.